The monoisotopic (exact) mass is 466 g/mol. The Morgan fingerprint density at radius 3 is 2.03 bits per heavy atom. The molecular weight excluding hydrogens is 432 g/mol. The van der Waals surface area contributed by atoms with Gasteiger partial charge in [0.05, 0.1) is 0 Å². The molecule has 0 saturated heterocycles. The molecule has 7 heteroatoms. The van der Waals surface area contributed by atoms with Crippen LogP contribution in [-0.4, -0.2) is 41.3 Å². The number of carbonyl (C=O) groups is 3. The van der Waals surface area contributed by atoms with Crippen molar-refractivity contribution in [2.75, 3.05) is 6.61 Å². The lowest BCUT2D eigenvalue weighted by molar-refractivity contribution is -0.148. The van der Waals surface area contributed by atoms with E-state index < -0.39 is 29.6 Å². The number of aliphatic carboxylic acids is 1. The molecule has 2 aromatic carbocycles. The predicted molar refractivity (Wildman–Crippen MR) is 131 cm³/mol. The van der Waals surface area contributed by atoms with E-state index in [4.69, 9.17) is 4.74 Å². The largest absolute Gasteiger partial charge is 0.480 e. The van der Waals surface area contributed by atoms with Crippen molar-refractivity contribution < 1.29 is 24.2 Å². The number of hydrogen-bond acceptors (Lipinski definition) is 4. The van der Waals surface area contributed by atoms with Gasteiger partial charge in [0.1, 0.15) is 12.1 Å². The van der Waals surface area contributed by atoms with Crippen LogP contribution in [0.1, 0.15) is 69.9 Å². The van der Waals surface area contributed by atoms with Gasteiger partial charge in [-0.2, -0.15) is 0 Å². The number of ether oxygens (including phenoxy) is 1. The zero-order valence-corrected chi connectivity index (χ0v) is 20.1. The van der Waals surface area contributed by atoms with Crippen LogP contribution in [0.4, 0.5) is 4.79 Å². The van der Waals surface area contributed by atoms with E-state index in [-0.39, 0.29) is 31.8 Å². The summed E-state index contributed by atoms with van der Waals surface area (Å²) in [5, 5.41) is 15.0. The van der Waals surface area contributed by atoms with Gasteiger partial charge in [0.25, 0.3) is 0 Å². The summed E-state index contributed by atoms with van der Waals surface area (Å²) in [5.74, 6) is -1.50. The van der Waals surface area contributed by atoms with Crippen LogP contribution in [0.2, 0.25) is 0 Å². The Bertz CT molecular complexity index is 986. The summed E-state index contributed by atoms with van der Waals surface area (Å²) in [5.41, 5.74) is 3.27. The number of alkyl carbamates (subject to hydrolysis) is 1. The Balaban J connectivity index is 1.61. The zero-order valence-electron chi connectivity index (χ0n) is 20.1. The summed E-state index contributed by atoms with van der Waals surface area (Å²) in [6.07, 6.45) is 1.31. The van der Waals surface area contributed by atoms with Crippen LogP contribution in [0.3, 0.4) is 0 Å². The van der Waals surface area contributed by atoms with Gasteiger partial charge in [0.15, 0.2) is 0 Å². The third-order valence-corrected chi connectivity index (χ3v) is 6.73. The van der Waals surface area contributed by atoms with Crippen molar-refractivity contribution in [3.8, 4) is 11.1 Å². The Labute approximate surface area is 200 Å². The lowest BCUT2D eigenvalue weighted by atomic mass is 9.92. The lowest BCUT2D eigenvalue weighted by Crippen LogP contribution is -2.54. The molecule has 0 aliphatic heterocycles. The van der Waals surface area contributed by atoms with E-state index in [9.17, 15) is 19.5 Å². The molecule has 1 aliphatic rings. The predicted octanol–water partition coefficient (Wildman–Crippen LogP) is 4.84. The first kappa shape index (κ1) is 25.3. The van der Waals surface area contributed by atoms with Crippen LogP contribution in [0.15, 0.2) is 48.5 Å². The minimum atomic E-state index is -1.29. The summed E-state index contributed by atoms with van der Waals surface area (Å²) in [6.45, 7) is 5.62. The van der Waals surface area contributed by atoms with E-state index in [2.05, 4.69) is 34.9 Å². The number of nitrogens with one attached hydrogen (secondary N) is 2. The number of amides is 2. The molecule has 7 nitrogen and oxygen atoms in total. The molecule has 0 bridgehead atoms. The zero-order chi connectivity index (χ0) is 24.7. The van der Waals surface area contributed by atoms with Crippen molar-refractivity contribution in [2.24, 2.45) is 0 Å². The number of rotatable bonds is 11. The third-order valence-electron chi connectivity index (χ3n) is 6.73. The van der Waals surface area contributed by atoms with Gasteiger partial charge in [-0.25, -0.2) is 9.59 Å². The van der Waals surface area contributed by atoms with E-state index >= 15 is 0 Å². The summed E-state index contributed by atoms with van der Waals surface area (Å²) in [7, 11) is 0. The van der Waals surface area contributed by atoms with Crippen LogP contribution in [0.5, 0.6) is 0 Å². The van der Waals surface area contributed by atoms with E-state index in [1.807, 2.05) is 31.2 Å². The van der Waals surface area contributed by atoms with Gasteiger partial charge in [-0.15, -0.1) is 0 Å². The smallest absolute Gasteiger partial charge is 0.407 e. The highest BCUT2D eigenvalue weighted by Gasteiger charge is 2.37. The summed E-state index contributed by atoms with van der Waals surface area (Å²) in [6, 6.07) is 15.8. The molecule has 34 heavy (non-hydrogen) atoms. The fraction of sp³-hybridized carbons (Fsp3) is 0.444. The average molecular weight is 467 g/mol. The van der Waals surface area contributed by atoms with E-state index in [1.54, 1.807) is 13.8 Å². The molecule has 3 rings (SSSR count). The first-order valence-electron chi connectivity index (χ1n) is 12.0. The standard InChI is InChI=1S/C27H34N2O5/c1-4-11-18(16-24(30)29-27(5-2,6-3)25(31)32)28-26(33)34-17-23-21-14-9-7-12-19(21)20-13-8-10-15-22(20)23/h7-10,12-15,18,23H,4-6,11,16-17H2,1-3H3,(H,28,33)(H,29,30)(H,31,32). The maximum atomic E-state index is 12.6. The number of carbonyl (C=O) groups excluding carboxylic acids is 2. The molecule has 182 valence electrons. The van der Waals surface area contributed by atoms with Crippen molar-refractivity contribution in [1.82, 2.24) is 10.6 Å². The highest BCUT2D eigenvalue weighted by Crippen LogP contribution is 2.44. The SMILES string of the molecule is CCCC(CC(=O)NC(CC)(CC)C(=O)O)NC(=O)OCC1c2ccccc2-c2ccccc21. The van der Waals surface area contributed by atoms with Crippen molar-refractivity contribution in [3.05, 3.63) is 59.7 Å². The molecule has 3 N–H and O–H groups in total. The Morgan fingerprint density at radius 2 is 1.53 bits per heavy atom. The molecule has 1 aliphatic carbocycles. The number of carboxylic acid groups (broad SMARTS) is 1. The lowest BCUT2D eigenvalue weighted by Gasteiger charge is -2.29. The van der Waals surface area contributed by atoms with E-state index in [0.29, 0.717) is 6.42 Å². The quantitative estimate of drug-likeness (QED) is 0.439. The van der Waals surface area contributed by atoms with Crippen molar-refractivity contribution in [1.29, 1.82) is 0 Å². The number of benzene rings is 2. The third kappa shape index (κ3) is 5.41. The van der Waals surface area contributed by atoms with Gasteiger partial charge in [-0.3, -0.25) is 4.79 Å². The Morgan fingerprint density at radius 1 is 0.971 bits per heavy atom. The molecular formula is C27H34N2O5. The second-order valence-corrected chi connectivity index (χ2v) is 8.80. The molecule has 0 spiro atoms. The Kier molecular flexibility index (Phi) is 8.31. The molecule has 0 aromatic heterocycles. The molecule has 1 unspecified atom stereocenters. The molecule has 0 fully saturated rings. The van der Waals surface area contributed by atoms with Crippen molar-refractivity contribution in [2.45, 2.75) is 70.4 Å². The fourth-order valence-corrected chi connectivity index (χ4v) is 4.70. The highest BCUT2D eigenvalue weighted by molar-refractivity contribution is 5.87. The van der Waals surface area contributed by atoms with Crippen LogP contribution in [0.25, 0.3) is 11.1 Å². The highest BCUT2D eigenvalue weighted by atomic mass is 16.5. The van der Waals surface area contributed by atoms with Gasteiger partial charge in [0, 0.05) is 18.4 Å². The van der Waals surface area contributed by atoms with Crippen LogP contribution < -0.4 is 10.6 Å². The summed E-state index contributed by atoms with van der Waals surface area (Å²) < 4.78 is 5.60. The molecule has 2 aromatic rings. The van der Waals surface area contributed by atoms with Gasteiger partial charge < -0.3 is 20.5 Å². The van der Waals surface area contributed by atoms with Gasteiger partial charge in [0.2, 0.25) is 5.91 Å². The van der Waals surface area contributed by atoms with Gasteiger partial charge in [-0.05, 0) is 41.5 Å². The average Bonchev–Trinajstić information content (AvgIpc) is 3.15. The summed E-state index contributed by atoms with van der Waals surface area (Å²) in [4.78, 5) is 36.9. The fourth-order valence-electron chi connectivity index (χ4n) is 4.70. The first-order chi connectivity index (χ1) is 16.3. The molecule has 0 heterocycles. The van der Waals surface area contributed by atoms with Gasteiger partial charge >= 0.3 is 12.1 Å². The van der Waals surface area contributed by atoms with Gasteiger partial charge in [-0.1, -0.05) is 75.7 Å². The molecule has 0 saturated carbocycles. The molecule has 2 amide bonds. The van der Waals surface area contributed by atoms with Crippen LogP contribution >= 0.6 is 0 Å². The molecule has 1 atom stereocenters. The second kappa shape index (κ2) is 11.2. The minimum Gasteiger partial charge on any atom is -0.480 e. The normalized spacial score (nSPS) is 13.5. The number of fused-ring (bicyclic) bond motifs is 3. The summed E-state index contributed by atoms with van der Waals surface area (Å²) >= 11 is 0. The van der Waals surface area contributed by atoms with Crippen molar-refractivity contribution >= 4 is 18.0 Å². The molecule has 0 radical (unpaired) electrons. The van der Waals surface area contributed by atoms with Crippen LogP contribution in [0, 0.1) is 0 Å². The Hall–Kier alpha value is -3.35. The maximum absolute atomic E-state index is 12.6. The minimum absolute atomic E-state index is 0.00688. The van der Waals surface area contributed by atoms with Crippen LogP contribution in [-0.2, 0) is 14.3 Å². The first-order valence-corrected chi connectivity index (χ1v) is 12.0. The maximum Gasteiger partial charge on any atom is 0.407 e. The number of hydrogen-bond donors (Lipinski definition) is 3. The topological polar surface area (TPSA) is 105 Å². The van der Waals surface area contributed by atoms with E-state index in [1.165, 1.54) is 0 Å². The number of carboxylic acids is 1. The van der Waals surface area contributed by atoms with E-state index in [0.717, 1.165) is 28.7 Å². The second-order valence-electron chi connectivity index (χ2n) is 8.80. The van der Waals surface area contributed by atoms with Crippen molar-refractivity contribution in [3.63, 3.8) is 0 Å².